The lowest BCUT2D eigenvalue weighted by atomic mass is 10.1. The summed E-state index contributed by atoms with van der Waals surface area (Å²) in [4.78, 5) is 0. The summed E-state index contributed by atoms with van der Waals surface area (Å²) in [7, 11) is 0. The van der Waals surface area contributed by atoms with Crippen LogP contribution in [0.25, 0.3) is 0 Å². The second-order valence-electron chi connectivity index (χ2n) is 4.64. The average Bonchev–Trinajstić information content (AvgIpc) is 2.74. The number of nitrogens with one attached hydrogen (secondary N) is 2. The largest absolute Gasteiger partial charge is 0.418 e. The van der Waals surface area contributed by atoms with Crippen LogP contribution < -0.4 is 5.32 Å². The zero-order valence-corrected chi connectivity index (χ0v) is 11.5. The van der Waals surface area contributed by atoms with E-state index in [1.165, 1.54) is 12.1 Å². The number of nitriles is 1. The molecule has 0 aliphatic carbocycles. The van der Waals surface area contributed by atoms with E-state index in [2.05, 4.69) is 15.5 Å². The molecule has 0 radical (unpaired) electrons. The van der Waals surface area contributed by atoms with Crippen molar-refractivity contribution in [2.24, 2.45) is 0 Å². The Labute approximate surface area is 119 Å². The molecule has 2 N–H and O–H groups in total. The number of alkyl halides is 3. The van der Waals surface area contributed by atoms with Crippen LogP contribution in [0.4, 0.5) is 18.9 Å². The molecular weight excluding hydrogens is 281 g/mol. The van der Waals surface area contributed by atoms with Gasteiger partial charge >= 0.3 is 6.18 Å². The Hall–Kier alpha value is -2.49. The average molecular weight is 294 g/mol. The zero-order valence-electron chi connectivity index (χ0n) is 11.5. The van der Waals surface area contributed by atoms with Gasteiger partial charge in [0.2, 0.25) is 0 Å². The van der Waals surface area contributed by atoms with Crippen molar-refractivity contribution < 1.29 is 13.2 Å². The number of anilines is 1. The van der Waals surface area contributed by atoms with Gasteiger partial charge in [0.05, 0.1) is 22.9 Å². The van der Waals surface area contributed by atoms with E-state index < -0.39 is 11.7 Å². The third kappa shape index (κ3) is 3.16. The molecule has 0 bridgehead atoms. The van der Waals surface area contributed by atoms with E-state index in [-0.39, 0.29) is 17.8 Å². The third-order valence-electron chi connectivity index (χ3n) is 3.19. The summed E-state index contributed by atoms with van der Waals surface area (Å²) in [6, 6.07) is 5.18. The predicted molar refractivity (Wildman–Crippen MR) is 71.5 cm³/mol. The lowest BCUT2D eigenvalue weighted by molar-refractivity contribution is -0.137. The first-order valence-electron chi connectivity index (χ1n) is 6.18. The van der Waals surface area contributed by atoms with Gasteiger partial charge in [0, 0.05) is 23.5 Å². The highest BCUT2D eigenvalue weighted by molar-refractivity contribution is 5.56. The number of halogens is 3. The van der Waals surface area contributed by atoms with Gasteiger partial charge < -0.3 is 5.32 Å². The van der Waals surface area contributed by atoms with E-state index in [0.717, 1.165) is 23.0 Å². The number of aryl methyl sites for hydroxylation is 2. The van der Waals surface area contributed by atoms with Crippen LogP contribution in [0.5, 0.6) is 0 Å². The van der Waals surface area contributed by atoms with E-state index in [4.69, 9.17) is 5.26 Å². The van der Waals surface area contributed by atoms with E-state index in [1.54, 1.807) is 19.9 Å². The van der Waals surface area contributed by atoms with E-state index in [9.17, 15) is 13.2 Å². The molecule has 1 heterocycles. The fraction of sp³-hybridized carbons (Fsp3) is 0.286. The molecule has 0 aliphatic rings. The first-order chi connectivity index (χ1) is 9.82. The SMILES string of the molecule is Cc1n[nH]c(C)c1CNc1ccc(C#N)cc1C(F)(F)F. The standard InChI is InChI=1S/C14H13F3N4/c1-8-11(9(2)21-20-8)7-19-13-4-3-10(6-18)5-12(13)14(15,16)17/h3-5,19H,7H2,1-2H3,(H,20,21). The Balaban J connectivity index is 2.30. The number of benzene rings is 1. The number of aromatic nitrogens is 2. The Bertz CT molecular complexity index is 676. The molecule has 0 unspecified atom stereocenters. The molecule has 1 aromatic carbocycles. The smallest absolute Gasteiger partial charge is 0.380 e. The van der Waals surface area contributed by atoms with Crippen molar-refractivity contribution in [1.82, 2.24) is 10.2 Å². The highest BCUT2D eigenvalue weighted by atomic mass is 19.4. The summed E-state index contributed by atoms with van der Waals surface area (Å²) in [5, 5.41) is 18.3. The summed E-state index contributed by atoms with van der Waals surface area (Å²) >= 11 is 0. The summed E-state index contributed by atoms with van der Waals surface area (Å²) in [6.45, 7) is 3.81. The Morgan fingerprint density at radius 2 is 2.05 bits per heavy atom. The van der Waals surface area contributed by atoms with Gasteiger partial charge in [-0.15, -0.1) is 0 Å². The Morgan fingerprint density at radius 1 is 1.33 bits per heavy atom. The van der Waals surface area contributed by atoms with Crippen LogP contribution in [0.2, 0.25) is 0 Å². The molecule has 0 saturated carbocycles. The maximum Gasteiger partial charge on any atom is 0.418 e. The van der Waals surface area contributed by atoms with Crippen molar-refractivity contribution in [3.63, 3.8) is 0 Å². The molecule has 2 aromatic rings. The first-order valence-corrected chi connectivity index (χ1v) is 6.18. The molecule has 1 aromatic heterocycles. The first kappa shape index (κ1) is 14.9. The van der Waals surface area contributed by atoms with Crippen LogP contribution in [0.15, 0.2) is 18.2 Å². The number of nitrogens with zero attached hydrogens (tertiary/aromatic N) is 2. The number of rotatable bonds is 3. The highest BCUT2D eigenvalue weighted by Gasteiger charge is 2.33. The second kappa shape index (κ2) is 5.48. The molecule has 0 atom stereocenters. The minimum absolute atomic E-state index is 0.0245. The number of H-pyrrole nitrogens is 1. The fourth-order valence-electron chi connectivity index (χ4n) is 2.02. The predicted octanol–water partition coefficient (Wildman–Crippen LogP) is 3.53. The molecule has 0 aliphatic heterocycles. The van der Waals surface area contributed by atoms with Crippen molar-refractivity contribution in [1.29, 1.82) is 5.26 Å². The molecule has 0 fully saturated rings. The van der Waals surface area contributed by atoms with Crippen LogP contribution in [-0.4, -0.2) is 10.2 Å². The fourth-order valence-corrected chi connectivity index (χ4v) is 2.02. The van der Waals surface area contributed by atoms with Crippen molar-refractivity contribution >= 4 is 5.69 Å². The minimum atomic E-state index is -4.52. The molecule has 0 amide bonds. The number of hydrogen-bond donors (Lipinski definition) is 2. The van der Waals surface area contributed by atoms with Gasteiger partial charge in [-0.2, -0.15) is 23.5 Å². The highest BCUT2D eigenvalue weighted by Crippen LogP contribution is 2.35. The van der Waals surface area contributed by atoms with Crippen molar-refractivity contribution in [3.05, 3.63) is 46.3 Å². The summed E-state index contributed by atoms with van der Waals surface area (Å²) < 4.78 is 39.1. The molecule has 110 valence electrons. The van der Waals surface area contributed by atoms with Gasteiger partial charge in [-0.05, 0) is 32.0 Å². The Morgan fingerprint density at radius 3 is 2.57 bits per heavy atom. The molecule has 7 heteroatoms. The van der Waals surface area contributed by atoms with E-state index >= 15 is 0 Å². The van der Waals surface area contributed by atoms with Crippen LogP contribution in [0.1, 0.15) is 28.1 Å². The summed E-state index contributed by atoms with van der Waals surface area (Å²) in [5.74, 6) is 0. The van der Waals surface area contributed by atoms with Crippen LogP contribution >= 0.6 is 0 Å². The second-order valence-corrected chi connectivity index (χ2v) is 4.64. The van der Waals surface area contributed by atoms with Gasteiger partial charge in [0.15, 0.2) is 0 Å². The quantitative estimate of drug-likeness (QED) is 0.910. The van der Waals surface area contributed by atoms with Crippen LogP contribution in [-0.2, 0) is 12.7 Å². The Kier molecular flexibility index (Phi) is 3.89. The lowest BCUT2D eigenvalue weighted by Gasteiger charge is -2.15. The lowest BCUT2D eigenvalue weighted by Crippen LogP contribution is -2.11. The van der Waals surface area contributed by atoms with E-state index in [1.807, 2.05) is 0 Å². The van der Waals surface area contributed by atoms with Crippen LogP contribution in [0, 0.1) is 25.2 Å². The van der Waals surface area contributed by atoms with Gasteiger partial charge in [-0.1, -0.05) is 0 Å². The molecule has 2 rings (SSSR count). The maximum atomic E-state index is 13.0. The summed E-state index contributed by atoms with van der Waals surface area (Å²) in [5.41, 5.74) is 1.45. The normalized spacial score (nSPS) is 11.2. The van der Waals surface area contributed by atoms with Gasteiger partial charge in [0.1, 0.15) is 0 Å². The number of hydrogen-bond acceptors (Lipinski definition) is 3. The molecule has 0 spiro atoms. The summed E-state index contributed by atoms with van der Waals surface area (Å²) in [6.07, 6.45) is -4.52. The van der Waals surface area contributed by atoms with Crippen LogP contribution in [0.3, 0.4) is 0 Å². The van der Waals surface area contributed by atoms with Crippen molar-refractivity contribution in [3.8, 4) is 6.07 Å². The molecule has 4 nitrogen and oxygen atoms in total. The van der Waals surface area contributed by atoms with Crippen molar-refractivity contribution in [2.75, 3.05) is 5.32 Å². The van der Waals surface area contributed by atoms with Crippen molar-refractivity contribution in [2.45, 2.75) is 26.6 Å². The van der Waals surface area contributed by atoms with Gasteiger partial charge in [-0.25, -0.2) is 0 Å². The molecule has 0 saturated heterocycles. The monoisotopic (exact) mass is 294 g/mol. The minimum Gasteiger partial charge on any atom is -0.380 e. The maximum absolute atomic E-state index is 13.0. The molecular formula is C14H13F3N4. The van der Waals surface area contributed by atoms with Gasteiger partial charge in [0.25, 0.3) is 0 Å². The zero-order chi connectivity index (χ0) is 15.6. The van der Waals surface area contributed by atoms with Gasteiger partial charge in [-0.3, -0.25) is 5.10 Å². The third-order valence-corrected chi connectivity index (χ3v) is 3.19. The molecule has 21 heavy (non-hydrogen) atoms. The number of aromatic amines is 1. The van der Waals surface area contributed by atoms with E-state index in [0.29, 0.717) is 0 Å². The topological polar surface area (TPSA) is 64.5 Å².